The lowest BCUT2D eigenvalue weighted by molar-refractivity contribution is 0.613. The summed E-state index contributed by atoms with van der Waals surface area (Å²) in [6, 6.07) is 0.457. The van der Waals surface area contributed by atoms with Gasteiger partial charge in [0.15, 0.2) is 0 Å². The monoisotopic (exact) mass is 522 g/mol. The molecule has 0 spiro atoms. The molecule has 6 heterocycles. The van der Waals surface area contributed by atoms with E-state index in [4.69, 9.17) is 4.40 Å². The van der Waals surface area contributed by atoms with Crippen molar-refractivity contribution in [3.8, 4) is 0 Å². The summed E-state index contributed by atoms with van der Waals surface area (Å²) in [5.74, 6) is 7.49. The highest BCUT2D eigenvalue weighted by atomic mass is 32.3. The van der Waals surface area contributed by atoms with Gasteiger partial charge in [-0.25, -0.2) is 4.40 Å². The molecule has 6 nitrogen and oxygen atoms in total. The standard InChI is InChI=1S/C18H30N6S6/c1-3-24(29-4-1)18-16(13-2-5-27-22-13)17(12-6-21-28-8-12)23-30(18,14-9-25-11-20-14)15-7-19-10-26-15/h12-15,19-22H,1-11H2. The van der Waals surface area contributed by atoms with E-state index in [1.54, 1.807) is 10.6 Å². The summed E-state index contributed by atoms with van der Waals surface area (Å²) in [7, 11) is -1.36. The molecule has 0 aromatic carbocycles. The molecule has 6 aliphatic rings. The molecule has 0 aliphatic carbocycles. The molecule has 12 heteroatoms. The molecule has 0 amide bonds. The molecular formula is C18H30N6S6. The van der Waals surface area contributed by atoms with Gasteiger partial charge in [-0.1, -0.05) is 34.1 Å². The van der Waals surface area contributed by atoms with Crippen LogP contribution in [0.25, 0.3) is 0 Å². The Bertz CT molecular complexity index is 688. The third kappa shape index (κ3) is 3.69. The van der Waals surface area contributed by atoms with Gasteiger partial charge in [0.05, 0.1) is 20.7 Å². The predicted molar refractivity (Wildman–Crippen MR) is 142 cm³/mol. The molecular weight excluding hydrogens is 493 g/mol. The maximum absolute atomic E-state index is 5.95. The first kappa shape index (κ1) is 21.7. The second-order valence-electron chi connectivity index (χ2n) is 8.22. The first-order chi connectivity index (χ1) is 14.9. The molecule has 5 fully saturated rings. The van der Waals surface area contributed by atoms with Crippen molar-refractivity contribution >= 4 is 75.3 Å². The minimum atomic E-state index is -1.36. The van der Waals surface area contributed by atoms with E-state index in [0.29, 0.717) is 21.9 Å². The third-order valence-electron chi connectivity index (χ3n) is 6.43. The van der Waals surface area contributed by atoms with Crippen molar-refractivity contribution in [2.45, 2.75) is 28.8 Å². The van der Waals surface area contributed by atoms with Crippen LogP contribution in [-0.2, 0) is 0 Å². The van der Waals surface area contributed by atoms with Crippen molar-refractivity contribution in [3.05, 3.63) is 10.6 Å². The summed E-state index contributed by atoms with van der Waals surface area (Å²) < 4.78 is 16.6. The lowest BCUT2D eigenvalue weighted by atomic mass is 9.93. The summed E-state index contributed by atoms with van der Waals surface area (Å²) in [6.45, 7) is 3.34. The van der Waals surface area contributed by atoms with E-state index in [9.17, 15) is 0 Å². The highest BCUT2D eigenvalue weighted by Gasteiger charge is 2.55. The summed E-state index contributed by atoms with van der Waals surface area (Å²) in [5, 5.41) is 9.75. The zero-order valence-electron chi connectivity index (χ0n) is 16.9. The molecule has 0 bridgehead atoms. The molecule has 168 valence electrons. The third-order valence-corrected chi connectivity index (χ3v) is 16.6. The van der Waals surface area contributed by atoms with Gasteiger partial charge in [-0.15, -0.1) is 23.5 Å². The van der Waals surface area contributed by atoms with Crippen molar-refractivity contribution in [3.63, 3.8) is 0 Å². The van der Waals surface area contributed by atoms with Crippen LogP contribution in [0.3, 0.4) is 0 Å². The Morgan fingerprint density at radius 2 is 2.10 bits per heavy atom. The predicted octanol–water partition coefficient (Wildman–Crippen LogP) is 2.84. The van der Waals surface area contributed by atoms with Gasteiger partial charge in [-0.3, -0.25) is 14.8 Å². The Labute approximate surface area is 202 Å². The Balaban J connectivity index is 1.54. The van der Waals surface area contributed by atoms with Crippen LogP contribution < -0.4 is 20.1 Å². The first-order valence-corrected chi connectivity index (χ1v) is 17.6. The van der Waals surface area contributed by atoms with Crippen LogP contribution >= 0.6 is 69.6 Å². The Hall–Kier alpha value is 1.15. The number of nitrogens with zero attached hydrogens (tertiary/aromatic N) is 2. The van der Waals surface area contributed by atoms with E-state index < -0.39 is 10.2 Å². The fraction of sp³-hybridized carbons (Fsp3) is 0.833. The minimum Gasteiger partial charge on any atom is -0.310 e. The Morgan fingerprint density at radius 1 is 1.10 bits per heavy atom. The van der Waals surface area contributed by atoms with Crippen molar-refractivity contribution < 1.29 is 0 Å². The maximum atomic E-state index is 5.95. The van der Waals surface area contributed by atoms with E-state index in [2.05, 4.69) is 59.9 Å². The van der Waals surface area contributed by atoms with Gasteiger partial charge >= 0.3 is 0 Å². The quantitative estimate of drug-likeness (QED) is 0.406. The molecule has 30 heavy (non-hydrogen) atoms. The molecule has 5 unspecified atom stereocenters. The Kier molecular flexibility index (Phi) is 6.80. The fourth-order valence-corrected chi connectivity index (χ4v) is 16.3. The zero-order valence-corrected chi connectivity index (χ0v) is 21.8. The molecule has 0 saturated carbocycles. The average Bonchev–Trinajstić information content (AvgIpc) is 3.62. The second kappa shape index (κ2) is 9.42. The van der Waals surface area contributed by atoms with Gasteiger partial charge in [-0.2, -0.15) is 0 Å². The van der Waals surface area contributed by atoms with Crippen molar-refractivity contribution in [1.82, 2.24) is 24.4 Å². The SMILES string of the molecule is C1CSN(C2=C(C3CCSN3)C(C3CNSC3)=NS2(C2CSCN2)C2CNCS2)C1. The second-order valence-corrected chi connectivity index (χ2v) is 16.8. The van der Waals surface area contributed by atoms with Crippen LogP contribution in [0, 0.1) is 5.92 Å². The molecule has 0 aromatic rings. The first-order valence-electron chi connectivity index (χ1n) is 10.8. The van der Waals surface area contributed by atoms with Crippen LogP contribution in [0.4, 0.5) is 0 Å². The molecule has 6 aliphatic heterocycles. The lowest BCUT2D eigenvalue weighted by Gasteiger charge is -2.47. The molecule has 4 N–H and O–H groups in total. The van der Waals surface area contributed by atoms with Crippen LogP contribution in [-0.4, -0.2) is 80.4 Å². The average molecular weight is 523 g/mol. The number of hydrogen-bond donors (Lipinski definition) is 4. The van der Waals surface area contributed by atoms with Gasteiger partial charge in [0.25, 0.3) is 0 Å². The van der Waals surface area contributed by atoms with Gasteiger partial charge in [0.2, 0.25) is 0 Å². The van der Waals surface area contributed by atoms with E-state index in [1.807, 2.05) is 23.9 Å². The topological polar surface area (TPSA) is 63.7 Å². The van der Waals surface area contributed by atoms with Crippen LogP contribution in [0.5, 0.6) is 0 Å². The molecule has 5 atom stereocenters. The molecule has 5 saturated heterocycles. The number of thioether (sulfide) groups is 2. The van der Waals surface area contributed by atoms with E-state index in [1.165, 1.54) is 42.4 Å². The van der Waals surface area contributed by atoms with Gasteiger partial charge in [0.1, 0.15) is 0 Å². The number of hydrogen-bond acceptors (Lipinski definition) is 11. The van der Waals surface area contributed by atoms with Crippen LogP contribution in [0.2, 0.25) is 0 Å². The van der Waals surface area contributed by atoms with Crippen molar-refractivity contribution in [1.29, 1.82) is 0 Å². The normalized spacial score (nSPS) is 44.3. The zero-order chi connectivity index (χ0) is 20.0. The molecule has 0 radical (unpaired) electrons. The highest BCUT2D eigenvalue weighted by Crippen LogP contribution is 2.73. The highest BCUT2D eigenvalue weighted by molar-refractivity contribution is 8.43. The summed E-state index contributed by atoms with van der Waals surface area (Å²) in [4.78, 5) is 0. The van der Waals surface area contributed by atoms with E-state index >= 15 is 0 Å². The smallest absolute Gasteiger partial charge is 0.0915 e. The van der Waals surface area contributed by atoms with E-state index in [-0.39, 0.29) is 0 Å². The van der Waals surface area contributed by atoms with E-state index in [0.717, 1.165) is 30.6 Å². The summed E-state index contributed by atoms with van der Waals surface area (Å²) >= 11 is 10.1. The van der Waals surface area contributed by atoms with Crippen molar-refractivity contribution in [2.75, 3.05) is 54.4 Å². The number of nitrogens with one attached hydrogen (secondary N) is 4. The van der Waals surface area contributed by atoms with Crippen molar-refractivity contribution in [2.24, 2.45) is 10.3 Å². The summed E-state index contributed by atoms with van der Waals surface area (Å²) in [6.07, 6.45) is 2.52. The lowest BCUT2D eigenvalue weighted by Crippen LogP contribution is -2.39. The van der Waals surface area contributed by atoms with Gasteiger partial charge < -0.3 is 9.62 Å². The largest absolute Gasteiger partial charge is 0.310 e. The number of rotatable bonds is 5. The van der Waals surface area contributed by atoms with Crippen LogP contribution in [0.15, 0.2) is 15.0 Å². The molecule has 0 aromatic heterocycles. The fourth-order valence-electron chi connectivity index (χ4n) is 5.01. The minimum absolute atomic E-state index is 0.457. The van der Waals surface area contributed by atoms with Crippen LogP contribution in [0.1, 0.15) is 12.8 Å². The Morgan fingerprint density at radius 3 is 2.77 bits per heavy atom. The van der Waals surface area contributed by atoms with Gasteiger partial charge in [0, 0.05) is 71.9 Å². The molecule has 6 rings (SSSR count). The van der Waals surface area contributed by atoms with Gasteiger partial charge in [-0.05, 0) is 24.8 Å². The maximum Gasteiger partial charge on any atom is 0.0915 e. The summed E-state index contributed by atoms with van der Waals surface area (Å²) in [5.41, 5.74) is 3.06.